The Labute approximate surface area is 132 Å². The number of aryl methyl sites for hydroxylation is 1. The van der Waals surface area contributed by atoms with Crippen molar-refractivity contribution >= 4 is 34.1 Å². The number of amides is 1. The fraction of sp³-hybridized carbons (Fsp3) is 0.400. The maximum absolute atomic E-state index is 11.7. The molecule has 2 aromatic heterocycles. The third-order valence-corrected chi connectivity index (χ3v) is 5.12. The molecule has 0 saturated heterocycles. The average molecular weight is 319 g/mol. The average Bonchev–Trinajstić information content (AvgIpc) is 3.17. The predicted octanol–water partition coefficient (Wildman–Crippen LogP) is 3.65. The Morgan fingerprint density at radius 1 is 1.48 bits per heavy atom. The molecular weight excluding hydrogens is 302 g/mol. The van der Waals surface area contributed by atoms with Crippen LogP contribution in [0.25, 0.3) is 0 Å². The normalized spacial score (nSPS) is 14.2. The van der Waals surface area contributed by atoms with Crippen molar-refractivity contribution in [2.45, 2.75) is 43.5 Å². The van der Waals surface area contributed by atoms with E-state index in [1.807, 2.05) is 29.5 Å². The van der Waals surface area contributed by atoms with Crippen molar-refractivity contribution < 1.29 is 4.79 Å². The number of hydrogen-bond acceptors (Lipinski definition) is 5. The van der Waals surface area contributed by atoms with Gasteiger partial charge >= 0.3 is 0 Å². The van der Waals surface area contributed by atoms with Crippen molar-refractivity contribution in [3.63, 3.8) is 0 Å². The topological polar surface area (TPSA) is 46.1 Å². The number of carbonyl (C=O) groups excluding carboxylic acids is 1. The van der Waals surface area contributed by atoms with Crippen LogP contribution in [0.15, 0.2) is 28.7 Å². The molecule has 110 valence electrons. The van der Waals surface area contributed by atoms with Gasteiger partial charge in [0, 0.05) is 30.3 Å². The second-order valence-electron chi connectivity index (χ2n) is 5.20. The molecule has 0 aliphatic heterocycles. The van der Waals surface area contributed by atoms with Crippen LogP contribution in [0.5, 0.6) is 0 Å². The van der Waals surface area contributed by atoms with Crippen LogP contribution in [0.4, 0.5) is 5.13 Å². The zero-order chi connectivity index (χ0) is 14.8. The quantitative estimate of drug-likeness (QED) is 0.789. The number of carbonyl (C=O) groups is 1. The minimum Gasteiger partial charge on any atom is -0.285 e. The maximum atomic E-state index is 11.7. The molecule has 2 aromatic rings. The third-order valence-electron chi connectivity index (χ3n) is 3.25. The van der Waals surface area contributed by atoms with Crippen molar-refractivity contribution in [3.8, 4) is 0 Å². The van der Waals surface area contributed by atoms with Crippen LogP contribution in [-0.4, -0.2) is 21.9 Å². The van der Waals surface area contributed by atoms with Gasteiger partial charge in [0.15, 0.2) is 5.13 Å². The van der Waals surface area contributed by atoms with Gasteiger partial charge in [0.05, 0.1) is 10.7 Å². The molecule has 0 atom stereocenters. The van der Waals surface area contributed by atoms with E-state index in [1.54, 1.807) is 30.0 Å². The summed E-state index contributed by atoms with van der Waals surface area (Å²) in [5.41, 5.74) is 2.17. The van der Waals surface area contributed by atoms with E-state index < -0.39 is 0 Å². The molecule has 6 heteroatoms. The monoisotopic (exact) mass is 319 g/mol. The molecule has 0 radical (unpaired) electrons. The minimum atomic E-state index is 0.0891. The fourth-order valence-corrected chi connectivity index (χ4v) is 3.82. The smallest absolute Gasteiger partial charge is 0.225 e. The van der Waals surface area contributed by atoms with Gasteiger partial charge in [-0.2, -0.15) is 0 Å². The lowest BCUT2D eigenvalue weighted by atomic mass is 10.3. The Morgan fingerprint density at radius 3 is 2.90 bits per heavy atom. The Hall–Kier alpha value is -1.40. The zero-order valence-corrected chi connectivity index (χ0v) is 13.7. The largest absolute Gasteiger partial charge is 0.285 e. The van der Waals surface area contributed by atoms with Gasteiger partial charge in [-0.3, -0.25) is 9.69 Å². The molecule has 0 N–H and O–H groups in total. The Bertz CT molecular complexity index is 635. The van der Waals surface area contributed by atoms with E-state index >= 15 is 0 Å². The molecule has 1 fully saturated rings. The Balaban J connectivity index is 1.64. The molecule has 1 amide bonds. The molecular formula is C15H17N3OS2. The first kappa shape index (κ1) is 14.5. The molecule has 0 unspecified atom stereocenters. The minimum absolute atomic E-state index is 0.0891. The Morgan fingerprint density at radius 2 is 2.29 bits per heavy atom. The van der Waals surface area contributed by atoms with Crippen LogP contribution in [0.1, 0.15) is 31.0 Å². The summed E-state index contributed by atoms with van der Waals surface area (Å²) in [6.45, 7) is 3.65. The van der Waals surface area contributed by atoms with Gasteiger partial charge in [-0.05, 0) is 31.4 Å². The van der Waals surface area contributed by atoms with Gasteiger partial charge in [-0.1, -0.05) is 6.07 Å². The lowest BCUT2D eigenvalue weighted by Gasteiger charge is -2.16. The van der Waals surface area contributed by atoms with Crippen LogP contribution in [0.3, 0.4) is 0 Å². The summed E-state index contributed by atoms with van der Waals surface area (Å²) in [6, 6.07) is 4.46. The maximum Gasteiger partial charge on any atom is 0.225 e. The first-order chi connectivity index (χ1) is 10.1. The summed E-state index contributed by atoms with van der Waals surface area (Å²) in [5, 5.41) is 3.87. The SMILES string of the molecule is CC(=O)N(c1nc(CSc2ccc(C)cn2)cs1)C1CC1. The molecule has 2 heterocycles. The number of thioether (sulfide) groups is 1. The summed E-state index contributed by atoms with van der Waals surface area (Å²) in [7, 11) is 0. The number of rotatable bonds is 5. The van der Waals surface area contributed by atoms with E-state index in [4.69, 9.17) is 0 Å². The second-order valence-corrected chi connectivity index (χ2v) is 7.04. The molecule has 4 nitrogen and oxygen atoms in total. The predicted molar refractivity (Wildman–Crippen MR) is 86.8 cm³/mol. The van der Waals surface area contributed by atoms with Gasteiger partial charge < -0.3 is 0 Å². The number of nitrogens with zero attached hydrogens (tertiary/aromatic N) is 3. The van der Waals surface area contributed by atoms with Crippen LogP contribution < -0.4 is 4.90 Å². The first-order valence-electron chi connectivity index (χ1n) is 6.93. The standard InChI is InChI=1S/C15H17N3OS2/c1-10-3-6-14(16-7-10)20-8-12-9-21-15(17-12)18(11(2)19)13-4-5-13/h3,6-7,9,13H,4-5,8H2,1-2H3. The molecule has 1 aliphatic rings. The number of pyridine rings is 1. The van der Waals surface area contributed by atoms with Crippen molar-refractivity contribution in [1.29, 1.82) is 0 Å². The lowest BCUT2D eigenvalue weighted by Crippen LogP contribution is -2.30. The van der Waals surface area contributed by atoms with Gasteiger partial charge in [-0.25, -0.2) is 9.97 Å². The van der Waals surface area contributed by atoms with E-state index in [2.05, 4.69) is 16.0 Å². The van der Waals surface area contributed by atoms with E-state index in [0.29, 0.717) is 6.04 Å². The highest BCUT2D eigenvalue weighted by Gasteiger charge is 2.33. The summed E-state index contributed by atoms with van der Waals surface area (Å²) in [6.07, 6.45) is 4.06. The van der Waals surface area contributed by atoms with Crippen molar-refractivity contribution in [1.82, 2.24) is 9.97 Å². The van der Waals surface area contributed by atoms with E-state index in [1.165, 1.54) is 0 Å². The molecule has 1 saturated carbocycles. The number of hydrogen-bond donors (Lipinski definition) is 0. The Kier molecular flexibility index (Phi) is 4.26. The van der Waals surface area contributed by atoms with Crippen molar-refractivity contribution in [2.75, 3.05) is 4.90 Å². The number of anilines is 1. The molecule has 21 heavy (non-hydrogen) atoms. The first-order valence-corrected chi connectivity index (χ1v) is 8.79. The van der Waals surface area contributed by atoms with Crippen LogP contribution in [-0.2, 0) is 10.5 Å². The summed E-state index contributed by atoms with van der Waals surface area (Å²) >= 11 is 3.22. The van der Waals surface area contributed by atoms with E-state index in [0.717, 1.165) is 40.0 Å². The zero-order valence-electron chi connectivity index (χ0n) is 12.1. The number of aromatic nitrogens is 2. The fourth-order valence-electron chi connectivity index (χ4n) is 2.04. The third kappa shape index (κ3) is 3.63. The van der Waals surface area contributed by atoms with Crippen molar-refractivity contribution in [2.24, 2.45) is 0 Å². The molecule has 1 aliphatic carbocycles. The van der Waals surface area contributed by atoms with Gasteiger partial charge in [0.2, 0.25) is 5.91 Å². The van der Waals surface area contributed by atoms with Crippen molar-refractivity contribution in [3.05, 3.63) is 35.0 Å². The molecule has 0 spiro atoms. The van der Waals surface area contributed by atoms with Crippen LogP contribution in [0, 0.1) is 6.92 Å². The lowest BCUT2D eigenvalue weighted by molar-refractivity contribution is -0.116. The summed E-state index contributed by atoms with van der Waals surface area (Å²) < 4.78 is 0. The highest BCUT2D eigenvalue weighted by atomic mass is 32.2. The molecule has 0 bridgehead atoms. The van der Waals surface area contributed by atoms with Crippen LogP contribution >= 0.6 is 23.1 Å². The van der Waals surface area contributed by atoms with Gasteiger partial charge in [0.25, 0.3) is 0 Å². The highest BCUT2D eigenvalue weighted by Crippen LogP contribution is 2.34. The van der Waals surface area contributed by atoms with Gasteiger partial charge in [0.1, 0.15) is 0 Å². The van der Waals surface area contributed by atoms with Gasteiger partial charge in [-0.15, -0.1) is 23.1 Å². The van der Waals surface area contributed by atoms with E-state index in [9.17, 15) is 4.79 Å². The summed E-state index contributed by atoms with van der Waals surface area (Å²) in [5.74, 6) is 0.870. The highest BCUT2D eigenvalue weighted by molar-refractivity contribution is 7.98. The molecule has 0 aromatic carbocycles. The summed E-state index contributed by atoms with van der Waals surface area (Å²) in [4.78, 5) is 22.5. The number of thiazole rings is 1. The molecule has 3 rings (SSSR count). The second kappa shape index (κ2) is 6.15. The van der Waals surface area contributed by atoms with E-state index in [-0.39, 0.29) is 5.91 Å². The van der Waals surface area contributed by atoms with Crippen LogP contribution in [0.2, 0.25) is 0 Å².